The molecule has 0 atom stereocenters. The van der Waals surface area contributed by atoms with Gasteiger partial charge in [-0.1, -0.05) is 32.4 Å². The number of hydrogen-bond donors (Lipinski definition) is 0. The molecule has 0 fully saturated rings. The van der Waals surface area contributed by atoms with Gasteiger partial charge in [0.1, 0.15) is 5.03 Å². The molecular weight excluding hydrogens is 267 g/mol. The van der Waals surface area contributed by atoms with Crippen molar-refractivity contribution in [1.29, 1.82) is 0 Å². The fourth-order valence-corrected chi connectivity index (χ4v) is 1.69. The van der Waals surface area contributed by atoms with Gasteiger partial charge in [-0.25, -0.2) is 0 Å². The van der Waals surface area contributed by atoms with Crippen LogP contribution in [-0.2, 0) is 9.59 Å². The fourth-order valence-electron chi connectivity index (χ4n) is 1.14. The first-order valence-corrected chi connectivity index (χ1v) is 5.28. The van der Waals surface area contributed by atoms with Crippen molar-refractivity contribution >= 4 is 39.1 Å². The number of allylic oxidation sites excluding steroid dienone is 4. The maximum Gasteiger partial charge on any atom is 0.198 e. The molecule has 0 amide bonds. The first-order chi connectivity index (χ1) is 6.25. The Morgan fingerprint density at radius 1 is 1.29 bits per heavy atom. The van der Waals surface area contributed by atoms with Crippen molar-refractivity contribution in [3.63, 3.8) is 0 Å². The SMILES string of the molecule is CC(C)(C)C1=CC(=O)C(Cl)=C(Br)C1=O. The first-order valence-electron chi connectivity index (χ1n) is 4.11. The zero-order valence-electron chi connectivity index (χ0n) is 8.15. The third kappa shape index (κ3) is 1.98. The molecule has 0 saturated carbocycles. The Hall–Kier alpha value is -0.410. The van der Waals surface area contributed by atoms with Crippen molar-refractivity contribution in [1.82, 2.24) is 0 Å². The van der Waals surface area contributed by atoms with E-state index >= 15 is 0 Å². The number of hydrogen-bond acceptors (Lipinski definition) is 2. The second kappa shape index (κ2) is 3.63. The molecule has 2 nitrogen and oxygen atoms in total. The van der Waals surface area contributed by atoms with Crippen molar-refractivity contribution in [2.75, 3.05) is 0 Å². The summed E-state index contributed by atoms with van der Waals surface area (Å²) in [5, 5.41) is -0.0389. The lowest BCUT2D eigenvalue weighted by molar-refractivity contribution is -0.115. The molecule has 1 rings (SSSR count). The van der Waals surface area contributed by atoms with E-state index in [1.165, 1.54) is 6.08 Å². The smallest absolute Gasteiger partial charge is 0.198 e. The Morgan fingerprint density at radius 2 is 1.79 bits per heavy atom. The van der Waals surface area contributed by atoms with Crippen LogP contribution in [0, 0.1) is 5.41 Å². The van der Waals surface area contributed by atoms with Gasteiger partial charge < -0.3 is 0 Å². The number of carbonyl (C=O) groups excluding carboxylic acids is 2. The minimum atomic E-state index is -0.344. The molecule has 0 unspecified atom stereocenters. The summed E-state index contributed by atoms with van der Waals surface area (Å²) in [6, 6.07) is 0. The summed E-state index contributed by atoms with van der Waals surface area (Å²) in [4.78, 5) is 23.1. The van der Waals surface area contributed by atoms with Gasteiger partial charge in [-0.2, -0.15) is 0 Å². The molecule has 0 heterocycles. The van der Waals surface area contributed by atoms with Crippen LogP contribution in [-0.4, -0.2) is 11.6 Å². The summed E-state index contributed by atoms with van der Waals surface area (Å²) in [6.45, 7) is 5.64. The molecule has 0 aromatic heterocycles. The third-order valence-corrected chi connectivity index (χ3v) is 3.30. The van der Waals surface area contributed by atoms with Crippen LogP contribution >= 0.6 is 27.5 Å². The summed E-state index contributed by atoms with van der Waals surface area (Å²) in [5.74, 6) is -0.523. The fraction of sp³-hybridized carbons (Fsp3) is 0.400. The van der Waals surface area contributed by atoms with Gasteiger partial charge in [0.15, 0.2) is 11.6 Å². The Bertz CT molecular complexity index is 372. The molecule has 0 aromatic carbocycles. The highest BCUT2D eigenvalue weighted by Crippen LogP contribution is 2.35. The van der Waals surface area contributed by atoms with E-state index in [1.807, 2.05) is 20.8 Å². The summed E-state index contributed by atoms with van der Waals surface area (Å²) in [5.41, 5.74) is 0.141. The average molecular weight is 278 g/mol. The quantitative estimate of drug-likeness (QED) is 0.638. The maximum atomic E-state index is 11.7. The molecule has 0 bridgehead atoms. The predicted molar refractivity (Wildman–Crippen MR) is 59.4 cm³/mol. The van der Waals surface area contributed by atoms with Crippen molar-refractivity contribution in [3.8, 4) is 0 Å². The monoisotopic (exact) mass is 276 g/mol. The van der Waals surface area contributed by atoms with E-state index in [1.54, 1.807) is 0 Å². The van der Waals surface area contributed by atoms with E-state index in [2.05, 4.69) is 15.9 Å². The Kier molecular flexibility index (Phi) is 3.02. The van der Waals surface area contributed by atoms with Crippen LogP contribution in [0.1, 0.15) is 20.8 Å². The Balaban J connectivity index is 3.24. The van der Waals surface area contributed by atoms with E-state index in [4.69, 9.17) is 11.6 Å². The lowest BCUT2D eigenvalue weighted by Crippen LogP contribution is -2.23. The van der Waals surface area contributed by atoms with Gasteiger partial charge in [-0.15, -0.1) is 0 Å². The summed E-state index contributed by atoms with van der Waals surface area (Å²) in [7, 11) is 0. The van der Waals surface area contributed by atoms with Gasteiger partial charge in [0.2, 0.25) is 0 Å². The van der Waals surface area contributed by atoms with Crippen LogP contribution in [0.5, 0.6) is 0 Å². The van der Waals surface area contributed by atoms with Crippen LogP contribution in [0.4, 0.5) is 0 Å². The van der Waals surface area contributed by atoms with Crippen LogP contribution in [0.2, 0.25) is 0 Å². The molecule has 0 radical (unpaired) electrons. The Labute approximate surface area is 96.1 Å². The molecule has 1 aliphatic carbocycles. The van der Waals surface area contributed by atoms with E-state index < -0.39 is 0 Å². The van der Waals surface area contributed by atoms with Gasteiger partial charge in [0.05, 0.1) is 4.48 Å². The molecule has 0 spiro atoms. The highest BCUT2D eigenvalue weighted by Gasteiger charge is 2.32. The molecule has 14 heavy (non-hydrogen) atoms. The highest BCUT2D eigenvalue weighted by atomic mass is 79.9. The standard InChI is InChI=1S/C10H10BrClO2/c1-10(2,3)5-4-6(13)8(12)7(11)9(5)14/h4H,1-3H3. The second-order valence-electron chi connectivity index (χ2n) is 4.13. The molecule has 0 aromatic rings. The second-order valence-corrected chi connectivity index (χ2v) is 5.30. The minimum Gasteiger partial charge on any atom is -0.288 e. The molecule has 0 aliphatic heterocycles. The van der Waals surface area contributed by atoms with E-state index in [9.17, 15) is 9.59 Å². The van der Waals surface area contributed by atoms with Crippen molar-refractivity contribution < 1.29 is 9.59 Å². The lowest BCUT2D eigenvalue weighted by Gasteiger charge is -2.23. The number of ketones is 2. The Morgan fingerprint density at radius 3 is 2.21 bits per heavy atom. The number of carbonyl (C=O) groups is 2. The zero-order chi connectivity index (χ0) is 11.1. The number of Topliss-reactive ketones (excluding diaryl/α,β-unsaturated/α-hetero) is 1. The van der Waals surface area contributed by atoms with Crippen LogP contribution < -0.4 is 0 Å². The third-order valence-electron chi connectivity index (χ3n) is 1.94. The maximum absolute atomic E-state index is 11.7. The van der Waals surface area contributed by atoms with Crippen LogP contribution in [0.15, 0.2) is 21.2 Å². The van der Waals surface area contributed by atoms with Crippen molar-refractivity contribution in [2.24, 2.45) is 5.41 Å². The zero-order valence-corrected chi connectivity index (χ0v) is 10.5. The molecular formula is C10H10BrClO2. The number of rotatable bonds is 0. The van der Waals surface area contributed by atoms with Crippen molar-refractivity contribution in [2.45, 2.75) is 20.8 Å². The lowest BCUT2D eigenvalue weighted by atomic mass is 9.81. The molecule has 76 valence electrons. The predicted octanol–water partition coefficient (Wildman–Crippen LogP) is 2.96. The summed E-state index contributed by atoms with van der Waals surface area (Å²) < 4.78 is 0.164. The van der Waals surface area contributed by atoms with Gasteiger partial charge in [0, 0.05) is 5.57 Å². The van der Waals surface area contributed by atoms with Gasteiger partial charge >= 0.3 is 0 Å². The molecule has 0 N–H and O–H groups in total. The van der Waals surface area contributed by atoms with Crippen LogP contribution in [0.25, 0.3) is 0 Å². The van der Waals surface area contributed by atoms with E-state index in [0.29, 0.717) is 5.57 Å². The van der Waals surface area contributed by atoms with Gasteiger partial charge in [-0.05, 0) is 27.4 Å². The van der Waals surface area contributed by atoms with Gasteiger partial charge in [-0.3, -0.25) is 9.59 Å². The van der Waals surface area contributed by atoms with E-state index in [0.717, 1.165) is 0 Å². The molecule has 4 heteroatoms. The van der Waals surface area contributed by atoms with Crippen LogP contribution in [0.3, 0.4) is 0 Å². The summed E-state index contributed by atoms with van der Waals surface area (Å²) in [6.07, 6.45) is 1.31. The summed E-state index contributed by atoms with van der Waals surface area (Å²) >= 11 is 8.67. The van der Waals surface area contributed by atoms with Gasteiger partial charge in [0.25, 0.3) is 0 Å². The first kappa shape index (κ1) is 11.7. The topological polar surface area (TPSA) is 34.1 Å². The normalized spacial score (nSPS) is 18.8. The minimum absolute atomic E-state index is 0.0389. The average Bonchev–Trinajstić information content (AvgIpc) is 2.06. The largest absolute Gasteiger partial charge is 0.288 e. The van der Waals surface area contributed by atoms with Crippen molar-refractivity contribution in [3.05, 3.63) is 21.2 Å². The number of halogens is 2. The molecule has 0 saturated heterocycles. The van der Waals surface area contributed by atoms with E-state index in [-0.39, 0.29) is 26.5 Å². The highest BCUT2D eigenvalue weighted by molar-refractivity contribution is 9.12. The molecule has 1 aliphatic rings.